The first-order valence-electron chi connectivity index (χ1n) is 14.1. The van der Waals surface area contributed by atoms with Crippen molar-refractivity contribution in [2.75, 3.05) is 36.4 Å². The van der Waals surface area contributed by atoms with Gasteiger partial charge >= 0.3 is 6.09 Å². The van der Waals surface area contributed by atoms with Crippen LogP contribution in [0.1, 0.15) is 57.6 Å². The van der Waals surface area contributed by atoms with Crippen LogP contribution < -0.4 is 10.2 Å². The number of piperazine rings is 1. The molecule has 0 atom stereocenters. The molecule has 3 fully saturated rings. The Morgan fingerprint density at radius 1 is 1.00 bits per heavy atom. The van der Waals surface area contributed by atoms with Crippen molar-refractivity contribution >= 4 is 34.3 Å². The minimum atomic E-state index is -0.482. The van der Waals surface area contributed by atoms with Gasteiger partial charge in [0.25, 0.3) is 0 Å². The number of carbonyl (C=O) groups is 2. The Balaban J connectivity index is 1.31. The molecule has 0 radical (unpaired) electrons. The van der Waals surface area contributed by atoms with E-state index in [9.17, 15) is 14.9 Å². The van der Waals surface area contributed by atoms with Crippen molar-refractivity contribution in [2.24, 2.45) is 5.92 Å². The van der Waals surface area contributed by atoms with Gasteiger partial charge in [-0.05, 0) is 81.8 Å². The molecular formula is C31H35N5O3. The molecule has 1 saturated heterocycles. The lowest BCUT2D eigenvalue weighted by atomic mass is 9.92. The highest BCUT2D eigenvalue weighted by molar-refractivity contribution is 5.97. The molecule has 202 valence electrons. The topological polar surface area (TPSA) is 90.6 Å². The first-order chi connectivity index (χ1) is 18.9. The number of nitrogens with zero attached hydrogens (tertiary/aromatic N) is 4. The zero-order valence-corrected chi connectivity index (χ0v) is 22.7. The van der Waals surface area contributed by atoms with Crippen LogP contribution in [0, 0.1) is 17.2 Å². The summed E-state index contributed by atoms with van der Waals surface area (Å²) in [5.74, 6) is 0.588. The number of amides is 2. The lowest BCUT2D eigenvalue weighted by Crippen LogP contribution is -2.49. The molecule has 1 aliphatic heterocycles. The van der Waals surface area contributed by atoms with Gasteiger partial charge in [0.1, 0.15) is 6.07 Å². The first kappa shape index (κ1) is 25.3. The molecule has 2 aliphatic carbocycles. The highest BCUT2D eigenvalue weighted by Crippen LogP contribution is 2.43. The highest BCUT2D eigenvalue weighted by Gasteiger charge is 2.35. The largest absolute Gasteiger partial charge is 0.447 e. The van der Waals surface area contributed by atoms with E-state index >= 15 is 0 Å². The molecule has 6 rings (SSSR count). The Kier molecular flexibility index (Phi) is 6.68. The second kappa shape index (κ2) is 10.3. The number of aromatic nitrogens is 1. The second-order valence-corrected chi connectivity index (χ2v) is 11.2. The molecule has 3 aliphatic rings. The van der Waals surface area contributed by atoms with Gasteiger partial charge in [0.05, 0.1) is 22.9 Å². The molecular weight excluding hydrogens is 490 g/mol. The van der Waals surface area contributed by atoms with E-state index in [1.165, 1.54) is 6.42 Å². The maximum Gasteiger partial charge on any atom is 0.411 e. The van der Waals surface area contributed by atoms with Crippen LogP contribution in [0.3, 0.4) is 0 Å². The number of fused-ring (bicyclic) bond motifs is 1. The van der Waals surface area contributed by atoms with E-state index in [1.807, 2.05) is 43.0 Å². The van der Waals surface area contributed by atoms with Crippen molar-refractivity contribution in [3.63, 3.8) is 0 Å². The fourth-order valence-electron chi connectivity index (χ4n) is 5.76. The number of rotatable bonds is 6. The molecule has 2 saturated carbocycles. The third-order valence-corrected chi connectivity index (χ3v) is 8.17. The lowest BCUT2D eigenvalue weighted by Gasteiger charge is -2.36. The Hall–Kier alpha value is -3.99. The molecule has 8 heteroatoms. The van der Waals surface area contributed by atoms with Gasteiger partial charge in [0.15, 0.2) is 0 Å². The van der Waals surface area contributed by atoms with Gasteiger partial charge in [-0.15, -0.1) is 0 Å². The summed E-state index contributed by atoms with van der Waals surface area (Å²) in [7, 11) is 0. The summed E-state index contributed by atoms with van der Waals surface area (Å²) in [4.78, 5) is 28.9. The molecule has 2 heterocycles. The predicted molar refractivity (Wildman–Crippen MR) is 152 cm³/mol. The van der Waals surface area contributed by atoms with Gasteiger partial charge in [-0.2, -0.15) is 5.26 Å². The summed E-state index contributed by atoms with van der Waals surface area (Å²) in [5, 5.41) is 14.0. The summed E-state index contributed by atoms with van der Waals surface area (Å²) < 4.78 is 7.55. The lowest BCUT2D eigenvalue weighted by molar-refractivity contribution is -0.132. The molecule has 8 nitrogen and oxygen atoms in total. The van der Waals surface area contributed by atoms with Crippen LogP contribution in [-0.4, -0.2) is 53.8 Å². The Morgan fingerprint density at radius 2 is 1.72 bits per heavy atom. The molecule has 39 heavy (non-hydrogen) atoms. The van der Waals surface area contributed by atoms with Crippen molar-refractivity contribution in [1.82, 2.24) is 9.47 Å². The average Bonchev–Trinajstić information content (AvgIpc) is 3.70. The van der Waals surface area contributed by atoms with Crippen LogP contribution in [0.4, 0.5) is 16.2 Å². The predicted octanol–water partition coefficient (Wildman–Crippen LogP) is 5.92. The molecule has 3 aromatic rings. The highest BCUT2D eigenvalue weighted by atomic mass is 16.6. The Labute approximate surface area is 229 Å². The van der Waals surface area contributed by atoms with Crippen LogP contribution in [0.2, 0.25) is 0 Å². The van der Waals surface area contributed by atoms with Crippen molar-refractivity contribution < 1.29 is 14.3 Å². The number of ether oxygens (including phenoxy) is 1. The fraction of sp³-hybridized carbons (Fsp3) is 0.452. The zero-order valence-electron chi connectivity index (χ0n) is 22.7. The molecule has 1 N–H and O–H groups in total. The quantitative estimate of drug-likeness (QED) is 0.431. The van der Waals surface area contributed by atoms with Crippen LogP contribution in [0.15, 0.2) is 42.5 Å². The number of benzene rings is 2. The molecule has 0 bridgehead atoms. The average molecular weight is 526 g/mol. The standard InChI is InChI=1S/C31H35N5O3/c1-20(2)39-31(38)33-23-10-8-21(9-11-23)29-27(19-32)26-13-12-25(18-28(26)36(29)24-4-3-5-24)34-14-16-35(17-15-34)30(37)22-6-7-22/h8-13,18,20,22,24H,3-7,14-17H2,1-2H3,(H,33,38). The SMILES string of the molecule is CC(C)OC(=O)Nc1ccc(-c2c(C#N)c3ccc(N4CCN(C(=O)C5CC5)CC4)cc3n2C2CCC2)cc1. The Morgan fingerprint density at radius 3 is 2.31 bits per heavy atom. The van der Waals surface area contributed by atoms with Gasteiger partial charge < -0.3 is 19.1 Å². The summed E-state index contributed by atoms with van der Waals surface area (Å²) in [6, 6.07) is 16.9. The number of anilines is 2. The van der Waals surface area contributed by atoms with E-state index in [0.29, 0.717) is 23.2 Å². The smallest absolute Gasteiger partial charge is 0.411 e. The normalized spacial score (nSPS) is 17.7. The van der Waals surface area contributed by atoms with Gasteiger partial charge in [-0.25, -0.2) is 4.79 Å². The summed E-state index contributed by atoms with van der Waals surface area (Å²) in [6.07, 6.45) is 4.78. The maximum absolute atomic E-state index is 12.5. The van der Waals surface area contributed by atoms with Crippen LogP contribution in [-0.2, 0) is 9.53 Å². The first-order valence-corrected chi connectivity index (χ1v) is 14.1. The van der Waals surface area contributed by atoms with E-state index in [1.54, 1.807) is 0 Å². The van der Waals surface area contributed by atoms with Crippen LogP contribution >= 0.6 is 0 Å². The van der Waals surface area contributed by atoms with Crippen LogP contribution in [0.5, 0.6) is 0 Å². The van der Waals surface area contributed by atoms with Gasteiger partial charge in [0, 0.05) is 54.9 Å². The third-order valence-electron chi connectivity index (χ3n) is 8.17. The number of nitriles is 1. The van der Waals surface area contributed by atoms with Gasteiger partial charge in [0.2, 0.25) is 5.91 Å². The minimum Gasteiger partial charge on any atom is -0.447 e. The van der Waals surface area contributed by atoms with Crippen molar-refractivity contribution in [2.45, 2.75) is 58.1 Å². The van der Waals surface area contributed by atoms with Gasteiger partial charge in [-0.3, -0.25) is 10.1 Å². The van der Waals surface area contributed by atoms with E-state index < -0.39 is 6.09 Å². The second-order valence-electron chi connectivity index (χ2n) is 11.2. The molecule has 1 aromatic heterocycles. The molecule has 0 spiro atoms. The van der Waals surface area contributed by atoms with E-state index in [0.717, 1.165) is 79.7 Å². The third kappa shape index (κ3) is 4.94. The summed E-state index contributed by atoms with van der Waals surface area (Å²) in [6.45, 7) is 6.78. The van der Waals surface area contributed by atoms with Crippen molar-refractivity contribution in [3.8, 4) is 17.3 Å². The maximum atomic E-state index is 12.5. The summed E-state index contributed by atoms with van der Waals surface area (Å²) >= 11 is 0. The van der Waals surface area contributed by atoms with Crippen molar-refractivity contribution in [3.05, 3.63) is 48.0 Å². The zero-order chi connectivity index (χ0) is 27.1. The number of carbonyl (C=O) groups excluding carboxylic acids is 2. The van der Waals surface area contributed by atoms with Crippen LogP contribution in [0.25, 0.3) is 22.2 Å². The monoisotopic (exact) mass is 525 g/mol. The van der Waals surface area contributed by atoms with Crippen molar-refractivity contribution in [1.29, 1.82) is 5.26 Å². The number of hydrogen-bond acceptors (Lipinski definition) is 5. The van der Waals surface area contributed by atoms with E-state index in [2.05, 4.69) is 39.1 Å². The molecule has 2 amide bonds. The fourth-order valence-corrected chi connectivity index (χ4v) is 5.76. The molecule has 0 unspecified atom stereocenters. The van der Waals surface area contributed by atoms with E-state index in [-0.39, 0.29) is 12.0 Å². The minimum absolute atomic E-state index is 0.195. The number of hydrogen-bond donors (Lipinski definition) is 1. The molecule has 2 aromatic carbocycles. The number of nitrogens with one attached hydrogen (secondary N) is 1. The van der Waals surface area contributed by atoms with Gasteiger partial charge in [-0.1, -0.05) is 12.1 Å². The Bertz CT molecular complexity index is 1440. The summed E-state index contributed by atoms with van der Waals surface area (Å²) in [5.41, 5.74) is 5.44. The van der Waals surface area contributed by atoms with E-state index in [4.69, 9.17) is 4.74 Å².